The van der Waals surface area contributed by atoms with Crippen molar-refractivity contribution < 1.29 is 0 Å². The molecule has 0 unspecified atom stereocenters. The van der Waals surface area contributed by atoms with E-state index in [0.717, 1.165) is 19.5 Å². The number of hydrogen-bond acceptors (Lipinski definition) is 2. The molecule has 0 atom stereocenters. The van der Waals surface area contributed by atoms with Crippen molar-refractivity contribution in [1.29, 1.82) is 0 Å². The van der Waals surface area contributed by atoms with Gasteiger partial charge >= 0.3 is 0 Å². The van der Waals surface area contributed by atoms with E-state index >= 15 is 0 Å². The third kappa shape index (κ3) is 8.19. The van der Waals surface area contributed by atoms with Crippen LogP contribution in [0.2, 0.25) is 0 Å². The van der Waals surface area contributed by atoms with Gasteiger partial charge in [-0.1, -0.05) is 151 Å². The molecule has 4 heteroatoms. The van der Waals surface area contributed by atoms with E-state index in [9.17, 15) is 0 Å². The van der Waals surface area contributed by atoms with Crippen molar-refractivity contribution in [2.75, 3.05) is 0 Å². The average molecular weight is 885 g/mol. The molecule has 4 heterocycles. The van der Waals surface area contributed by atoms with Crippen LogP contribution >= 0.6 is 22.7 Å². The molecule has 0 fully saturated rings. The minimum atomic E-state index is 0.974. The van der Waals surface area contributed by atoms with E-state index in [1.54, 1.807) is 0 Å². The van der Waals surface area contributed by atoms with Crippen LogP contribution in [0, 0.1) is 0 Å². The number of nitrogens with zero attached hydrogens (tertiary/aromatic N) is 2. The van der Waals surface area contributed by atoms with Crippen molar-refractivity contribution in [2.24, 2.45) is 0 Å². The molecule has 1 aliphatic rings. The summed E-state index contributed by atoms with van der Waals surface area (Å²) in [6.07, 6.45) is 16.8. The van der Waals surface area contributed by atoms with E-state index < -0.39 is 0 Å². The molecular formula is C61H60N2S2. The molecule has 0 bridgehead atoms. The number of aryl methyl sites for hydroxylation is 2. The van der Waals surface area contributed by atoms with Gasteiger partial charge in [-0.2, -0.15) is 0 Å². The van der Waals surface area contributed by atoms with E-state index in [1.165, 1.54) is 185 Å². The molecule has 11 rings (SSSR count). The molecule has 0 radical (unpaired) electrons. The summed E-state index contributed by atoms with van der Waals surface area (Å²) in [6, 6.07) is 55.9. The Kier molecular flexibility index (Phi) is 12.1. The van der Waals surface area contributed by atoms with Crippen LogP contribution in [0.5, 0.6) is 0 Å². The number of aromatic nitrogens is 2. The summed E-state index contributed by atoms with van der Waals surface area (Å²) >= 11 is 3.83. The summed E-state index contributed by atoms with van der Waals surface area (Å²) in [4.78, 5) is 5.32. The van der Waals surface area contributed by atoms with Gasteiger partial charge < -0.3 is 9.13 Å². The van der Waals surface area contributed by atoms with Crippen LogP contribution in [0.15, 0.2) is 146 Å². The van der Waals surface area contributed by atoms with Crippen molar-refractivity contribution in [3.05, 3.63) is 157 Å². The summed E-state index contributed by atoms with van der Waals surface area (Å²) in [6.45, 7) is 6.76. The largest absolute Gasteiger partial charge is 0.340 e. The van der Waals surface area contributed by atoms with Gasteiger partial charge in [0, 0.05) is 76.2 Å². The Bertz CT molecular complexity index is 3070. The maximum Gasteiger partial charge on any atom is 0.0491 e. The third-order valence-electron chi connectivity index (χ3n) is 14.2. The van der Waals surface area contributed by atoms with Crippen molar-refractivity contribution >= 4 is 66.3 Å². The molecule has 2 nitrogen and oxygen atoms in total. The van der Waals surface area contributed by atoms with E-state index in [-0.39, 0.29) is 0 Å². The quantitative estimate of drug-likeness (QED) is 0.0760. The molecule has 65 heavy (non-hydrogen) atoms. The first-order valence-corrected chi connectivity index (χ1v) is 26.3. The lowest BCUT2D eigenvalue weighted by Crippen LogP contribution is -1.97. The number of hydrogen-bond donors (Lipinski definition) is 0. The molecule has 10 aromatic rings. The van der Waals surface area contributed by atoms with Crippen LogP contribution < -0.4 is 0 Å². The summed E-state index contributed by atoms with van der Waals surface area (Å²) in [5, 5.41) is 5.47. The zero-order valence-corrected chi connectivity index (χ0v) is 39.8. The first kappa shape index (κ1) is 42.0. The van der Waals surface area contributed by atoms with Crippen LogP contribution in [0.25, 0.3) is 96.5 Å². The summed E-state index contributed by atoms with van der Waals surface area (Å²) in [7, 11) is 0. The highest BCUT2D eigenvalue weighted by Gasteiger charge is 2.21. The van der Waals surface area contributed by atoms with Gasteiger partial charge in [0.05, 0.1) is 0 Å². The Labute approximate surface area is 393 Å². The van der Waals surface area contributed by atoms with Gasteiger partial charge in [0.25, 0.3) is 0 Å². The lowest BCUT2D eigenvalue weighted by atomic mass is 10.0. The summed E-state index contributed by atoms with van der Waals surface area (Å²) in [5.41, 5.74) is 16.3. The molecule has 6 aromatic carbocycles. The smallest absolute Gasteiger partial charge is 0.0491 e. The monoisotopic (exact) mass is 884 g/mol. The fraction of sp³-hybridized carbons (Fsp3) is 0.279. The first-order valence-electron chi connectivity index (χ1n) is 24.6. The second kappa shape index (κ2) is 18.7. The van der Waals surface area contributed by atoms with E-state index in [0.29, 0.717) is 0 Å². The van der Waals surface area contributed by atoms with Gasteiger partial charge in [-0.05, 0) is 137 Å². The van der Waals surface area contributed by atoms with E-state index in [2.05, 4.69) is 169 Å². The minimum absolute atomic E-state index is 0.974. The lowest BCUT2D eigenvalue weighted by Gasteiger charge is -2.08. The number of thiophene rings is 2. The van der Waals surface area contributed by atoms with Crippen LogP contribution in [-0.2, 0) is 19.5 Å². The standard InChI is InChI=1S/C61H60N2S2/c1-3-5-7-9-11-17-35-62-54-21-15-13-19-50(54)52-40-44(25-29-56(52)62)60-33-31-58(64-60)42-23-27-48-46(37-42)39-47-38-43(24-28-49(47)48)59-32-34-61(65-59)45-26-30-57-53(41-45)51-20-14-16-22-55(51)63(57)36-18-12-10-8-6-4-2/h13-16,19-34,37-38,40-41H,3-12,17-18,35-36,39H2,1-2H3. The first-order chi connectivity index (χ1) is 32.1. The number of unbranched alkanes of at least 4 members (excludes halogenated alkanes) is 10. The van der Waals surface area contributed by atoms with Crippen LogP contribution in [0.3, 0.4) is 0 Å². The normalized spacial score (nSPS) is 12.3. The van der Waals surface area contributed by atoms with Crippen LogP contribution in [-0.4, -0.2) is 9.13 Å². The second-order valence-corrected chi connectivity index (χ2v) is 20.8. The van der Waals surface area contributed by atoms with Gasteiger partial charge in [-0.3, -0.25) is 0 Å². The highest BCUT2D eigenvalue weighted by atomic mass is 32.1. The zero-order valence-electron chi connectivity index (χ0n) is 38.2. The molecule has 1 aliphatic carbocycles. The van der Waals surface area contributed by atoms with Gasteiger partial charge in [0.15, 0.2) is 0 Å². The van der Waals surface area contributed by atoms with Gasteiger partial charge in [-0.15, -0.1) is 22.7 Å². The number of fused-ring (bicyclic) bond motifs is 9. The van der Waals surface area contributed by atoms with Crippen molar-refractivity contribution in [1.82, 2.24) is 9.13 Å². The fourth-order valence-corrected chi connectivity index (χ4v) is 12.8. The predicted octanol–water partition coefficient (Wildman–Crippen LogP) is 19.0. The van der Waals surface area contributed by atoms with Crippen molar-refractivity contribution in [3.8, 4) is 52.9 Å². The fourth-order valence-electron chi connectivity index (χ4n) is 10.8. The topological polar surface area (TPSA) is 9.86 Å². The van der Waals surface area contributed by atoms with E-state index in [1.807, 2.05) is 22.7 Å². The molecule has 0 amide bonds. The number of benzene rings is 6. The molecule has 0 N–H and O–H groups in total. The SMILES string of the molecule is CCCCCCCCn1c2ccccc2c2cc(-c3ccc(-c4ccc5c(c4)Cc4cc(-c6ccc(-c7ccc8c(c7)c7ccccc7n8CCCCCCCC)s6)ccc4-5)s3)ccc21. The van der Waals surface area contributed by atoms with Crippen LogP contribution in [0.4, 0.5) is 0 Å². The molecule has 0 saturated heterocycles. The second-order valence-electron chi connectivity index (χ2n) is 18.6. The molecular weight excluding hydrogens is 825 g/mol. The van der Waals surface area contributed by atoms with Gasteiger partial charge in [-0.25, -0.2) is 0 Å². The molecule has 0 saturated carbocycles. The predicted molar refractivity (Wildman–Crippen MR) is 285 cm³/mol. The summed E-state index contributed by atoms with van der Waals surface area (Å²) in [5.74, 6) is 0. The maximum absolute atomic E-state index is 2.57. The Hall–Kier alpha value is -5.68. The molecule has 4 aromatic heterocycles. The van der Waals surface area contributed by atoms with Crippen LogP contribution in [0.1, 0.15) is 102 Å². The van der Waals surface area contributed by atoms with Crippen molar-refractivity contribution in [3.63, 3.8) is 0 Å². The Morgan fingerprint density at radius 3 is 1.17 bits per heavy atom. The third-order valence-corrected chi connectivity index (χ3v) is 16.6. The maximum atomic E-state index is 2.57. The Balaban J connectivity index is 0.797. The highest BCUT2D eigenvalue weighted by molar-refractivity contribution is 7.19. The van der Waals surface area contributed by atoms with E-state index in [4.69, 9.17) is 0 Å². The molecule has 0 aliphatic heterocycles. The minimum Gasteiger partial charge on any atom is -0.340 e. The number of para-hydroxylation sites is 2. The van der Waals surface area contributed by atoms with Crippen molar-refractivity contribution in [2.45, 2.75) is 110 Å². The molecule has 326 valence electrons. The zero-order chi connectivity index (χ0) is 43.7. The van der Waals surface area contributed by atoms with Gasteiger partial charge in [0.1, 0.15) is 0 Å². The number of rotatable bonds is 18. The summed E-state index contributed by atoms with van der Waals surface area (Å²) < 4.78 is 5.13. The average Bonchev–Trinajstić information content (AvgIpc) is 4.20. The molecule has 0 spiro atoms. The lowest BCUT2D eigenvalue weighted by molar-refractivity contribution is 0.571. The Morgan fingerprint density at radius 1 is 0.354 bits per heavy atom. The highest BCUT2D eigenvalue weighted by Crippen LogP contribution is 2.45. The van der Waals surface area contributed by atoms with Gasteiger partial charge in [0.2, 0.25) is 0 Å². The Morgan fingerprint density at radius 2 is 0.723 bits per heavy atom.